The fourth-order valence-electron chi connectivity index (χ4n) is 7.37. The topological polar surface area (TPSA) is 56.7 Å². The van der Waals surface area contributed by atoms with Crippen LogP contribution < -0.4 is 0 Å². The third-order valence-corrected chi connectivity index (χ3v) is 9.97. The average molecular weight is 821 g/mol. The Morgan fingerprint density at radius 1 is 0.918 bits per heavy atom. The van der Waals surface area contributed by atoms with Crippen LogP contribution in [0.4, 0.5) is 0 Å². The molecule has 0 atom stereocenters. The van der Waals surface area contributed by atoms with E-state index in [4.69, 9.17) is 9.40 Å². The zero-order valence-corrected chi connectivity index (χ0v) is 31.1. The monoisotopic (exact) mass is 821 g/mol. The second-order valence-electron chi connectivity index (χ2n) is 14.1. The van der Waals surface area contributed by atoms with Gasteiger partial charge in [-0.3, -0.25) is 4.98 Å². The van der Waals surface area contributed by atoms with Gasteiger partial charge < -0.3 is 14.0 Å². The van der Waals surface area contributed by atoms with Crippen LogP contribution in [0.1, 0.15) is 87.6 Å². The molecule has 9 rings (SSSR count). The van der Waals surface area contributed by atoms with Crippen LogP contribution in [0, 0.1) is 19.1 Å². The molecule has 0 amide bonds. The maximum absolute atomic E-state index is 6.10. The molecule has 5 nitrogen and oxygen atoms in total. The van der Waals surface area contributed by atoms with Crippen molar-refractivity contribution in [3.05, 3.63) is 120 Å². The van der Waals surface area contributed by atoms with Crippen molar-refractivity contribution in [3.8, 4) is 22.6 Å². The van der Waals surface area contributed by atoms with Gasteiger partial charge in [0.1, 0.15) is 0 Å². The van der Waals surface area contributed by atoms with Gasteiger partial charge in [-0.15, -0.1) is 54.1 Å². The molecule has 0 N–H and O–H groups in total. The standard InChI is InChI=1S/C22H19N2O.C21H21N2.Ir/c1-14-9-10-18-17-7-4-8-19(21(17)25-22(18)24-14)20-13-16(11-12-23-20)15-5-2-3-6-15;1-14(2)17-12-16-10-11-21(3,4)23-19(16)18(13-17)22-20(23)15-8-6-5-7-9-15;/h4,7,9-13,15H,2-3,5-6H2,1H3;5-8,10-14H,1-4H3;/q2*-1;. The number of furan rings is 1. The van der Waals surface area contributed by atoms with E-state index in [2.05, 4.69) is 103 Å². The molecule has 1 radical (unpaired) electrons. The van der Waals surface area contributed by atoms with Crippen LogP contribution >= 0.6 is 0 Å². The zero-order valence-electron chi connectivity index (χ0n) is 28.7. The van der Waals surface area contributed by atoms with E-state index in [9.17, 15) is 0 Å². The van der Waals surface area contributed by atoms with Gasteiger partial charge in [-0.1, -0.05) is 61.4 Å². The number of fused-ring (bicyclic) bond motifs is 3. The van der Waals surface area contributed by atoms with E-state index in [1.165, 1.54) is 47.9 Å². The second kappa shape index (κ2) is 13.2. The van der Waals surface area contributed by atoms with Crippen LogP contribution in [0.5, 0.6) is 0 Å². The fraction of sp³-hybridized carbons (Fsp3) is 0.279. The van der Waals surface area contributed by atoms with Crippen molar-refractivity contribution in [2.75, 3.05) is 0 Å². The SMILES string of the molecule is CC(C)c1cc2c3c(c1)nc(-c1[c-]cccc1)n3C(C)(C)C=C2.Cc1ccc2c(n1)oc1c(-c3cc(C4CCCC4)ccn3)[c-]ccc12.[Ir]. The number of imidazole rings is 1. The molecule has 0 spiro atoms. The first-order chi connectivity index (χ1) is 23.3. The maximum atomic E-state index is 6.10. The molecule has 1 aliphatic heterocycles. The summed E-state index contributed by atoms with van der Waals surface area (Å²) >= 11 is 0. The Labute approximate surface area is 301 Å². The number of allylic oxidation sites excluding steroid dienone is 1. The van der Waals surface area contributed by atoms with Crippen molar-refractivity contribution in [2.24, 2.45) is 0 Å². The number of hydrogen-bond acceptors (Lipinski definition) is 4. The summed E-state index contributed by atoms with van der Waals surface area (Å²) in [5, 5.41) is 2.12. The number of rotatable bonds is 4. The Morgan fingerprint density at radius 2 is 1.76 bits per heavy atom. The van der Waals surface area contributed by atoms with Gasteiger partial charge in [0.2, 0.25) is 5.71 Å². The van der Waals surface area contributed by atoms with Crippen LogP contribution in [0.25, 0.3) is 61.8 Å². The molecule has 3 aromatic carbocycles. The van der Waals surface area contributed by atoms with Crippen LogP contribution in [-0.2, 0) is 25.6 Å². The van der Waals surface area contributed by atoms with Crippen LogP contribution in [0.15, 0.2) is 89.5 Å². The first-order valence-corrected chi connectivity index (χ1v) is 17.2. The molecule has 4 aromatic heterocycles. The molecule has 49 heavy (non-hydrogen) atoms. The second-order valence-corrected chi connectivity index (χ2v) is 14.1. The van der Waals surface area contributed by atoms with Gasteiger partial charge in [-0.25, -0.2) is 4.98 Å². The summed E-state index contributed by atoms with van der Waals surface area (Å²) in [6.07, 6.45) is 11.7. The van der Waals surface area contributed by atoms with E-state index in [1.54, 1.807) is 0 Å². The Morgan fingerprint density at radius 3 is 2.53 bits per heavy atom. The summed E-state index contributed by atoms with van der Waals surface area (Å²) in [5.74, 6) is 2.16. The largest absolute Gasteiger partial charge is 0.486 e. The smallest absolute Gasteiger partial charge is 0.216 e. The van der Waals surface area contributed by atoms with E-state index in [0.717, 1.165) is 50.2 Å². The molecule has 0 unspecified atom stereocenters. The average Bonchev–Trinajstić information content (AvgIpc) is 3.85. The molecule has 6 heteroatoms. The molecule has 5 heterocycles. The van der Waals surface area contributed by atoms with Crippen molar-refractivity contribution in [1.82, 2.24) is 19.5 Å². The van der Waals surface area contributed by atoms with E-state index < -0.39 is 0 Å². The number of aryl methyl sites for hydroxylation is 1. The third kappa shape index (κ3) is 6.06. The van der Waals surface area contributed by atoms with Crippen molar-refractivity contribution in [1.29, 1.82) is 0 Å². The molecule has 1 aliphatic carbocycles. The van der Waals surface area contributed by atoms with Crippen LogP contribution in [0.2, 0.25) is 0 Å². The van der Waals surface area contributed by atoms with E-state index in [1.807, 2.05) is 49.5 Å². The predicted octanol–water partition coefficient (Wildman–Crippen LogP) is 11.2. The zero-order chi connectivity index (χ0) is 33.0. The minimum atomic E-state index is -0.0971. The van der Waals surface area contributed by atoms with Crippen LogP contribution in [0.3, 0.4) is 0 Å². The minimum absolute atomic E-state index is 0. The number of nitrogens with zero attached hydrogens (tertiary/aromatic N) is 4. The molecule has 1 fully saturated rings. The molecule has 2 aliphatic rings. The summed E-state index contributed by atoms with van der Waals surface area (Å²) in [5.41, 5.74) is 11.6. The first kappa shape index (κ1) is 33.1. The van der Waals surface area contributed by atoms with Gasteiger partial charge >= 0.3 is 0 Å². The number of benzene rings is 3. The van der Waals surface area contributed by atoms with Gasteiger partial charge in [0.05, 0.1) is 28.0 Å². The summed E-state index contributed by atoms with van der Waals surface area (Å²) in [7, 11) is 0. The van der Waals surface area contributed by atoms with Gasteiger partial charge in [0.25, 0.3) is 0 Å². The Balaban J connectivity index is 0.000000152. The van der Waals surface area contributed by atoms with Gasteiger partial charge in [0, 0.05) is 37.4 Å². The Hall–Kier alpha value is -4.38. The number of aromatic nitrogens is 4. The predicted molar refractivity (Wildman–Crippen MR) is 196 cm³/mol. The molecule has 1 saturated carbocycles. The number of pyridine rings is 2. The van der Waals surface area contributed by atoms with Gasteiger partial charge in [-0.2, -0.15) is 0 Å². The van der Waals surface area contributed by atoms with Crippen molar-refractivity contribution < 1.29 is 24.5 Å². The minimum Gasteiger partial charge on any atom is -0.486 e. The molecular weight excluding hydrogens is 781 g/mol. The van der Waals surface area contributed by atoms with Gasteiger partial charge in [-0.05, 0) is 92.6 Å². The fourth-order valence-corrected chi connectivity index (χ4v) is 7.37. The summed E-state index contributed by atoms with van der Waals surface area (Å²) in [6, 6.07) is 31.8. The quantitative estimate of drug-likeness (QED) is 0.166. The third-order valence-electron chi connectivity index (χ3n) is 9.97. The Bertz CT molecular complexity index is 2320. The normalized spacial score (nSPS) is 15.1. The van der Waals surface area contributed by atoms with Crippen molar-refractivity contribution in [3.63, 3.8) is 0 Å². The molecule has 0 bridgehead atoms. The molecule has 249 valence electrons. The molecular formula is C43H40IrN4O-2. The van der Waals surface area contributed by atoms with Gasteiger partial charge in [0.15, 0.2) is 0 Å². The molecule has 7 aromatic rings. The van der Waals surface area contributed by atoms with Crippen LogP contribution in [-0.4, -0.2) is 19.5 Å². The first-order valence-electron chi connectivity index (χ1n) is 17.2. The van der Waals surface area contributed by atoms with E-state index in [-0.39, 0.29) is 25.6 Å². The van der Waals surface area contributed by atoms with E-state index >= 15 is 0 Å². The summed E-state index contributed by atoms with van der Waals surface area (Å²) in [6.45, 7) is 10.9. The van der Waals surface area contributed by atoms with Crippen molar-refractivity contribution >= 4 is 39.2 Å². The number of hydrogen-bond donors (Lipinski definition) is 0. The maximum Gasteiger partial charge on any atom is 0.216 e. The molecule has 0 saturated heterocycles. The summed E-state index contributed by atoms with van der Waals surface area (Å²) in [4.78, 5) is 14.1. The van der Waals surface area contributed by atoms with E-state index in [0.29, 0.717) is 17.5 Å². The van der Waals surface area contributed by atoms with Crippen molar-refractivity contribution in [2.45, 2.75) is 77.7 Å². The summed E-state index contributed by atoms with van der Waals surface area (Å²) < 4.78 is 8.46. The Kier molecular flexibility index (Phi) is 8.89.